The van der Waals surface area contributed by atoms with Gasteiger partial charge in [-0.2, -0.15) is 0 Å². The summed E-state index contributed by atoms with van der Waals surface area (Å²) in [5, 5.41) is 6.51. The maximum atomic E-state index is 12.7. The smallest absolute Gasteiger partial charge is 0.227 e. The van der Waals surface area contributed by atoms with Crippen molar-refractivity contribution in [3.8, 4) is 11.5 Å². The SMILES string of the molecule is CC1NCCCC1NC(=O)C1CC(=O)N(c2ccc3c(c2)OCCO3)C1.Cl. The van der Waals surface area contributed by atoms with Crippen molar-refractivity contribution < 1.29 is 19.1 Å². The zero-order valence-corrected chi connectivity index (χ0v) is 16.2. The number of carbonyl (C=O) groups is 2. The molecule has 3 atom stereocenters. The summed E-state index contributed by atoms with van der Waals surface area (Å²) in [6, 6.07) is 5.88. The summed E-state index contributed by atoms with van der Waals surface area (Å²) < 4.78 is 11.1. The molecule has 0 aromatic heterocycles. The summed E-state index contributed by atoms with van der Waals surface area (Å²) in [6.07, 6.45) is 2.28. The standard InChI is InChI=1S/C19H25N3O4.ClH/c1-12-15(3-2-6-20-12)21-19(24)13-9-18(23)22(11-13)14-4-5-16-17(10-14)26-8-7-25-16;/h4-5,10,12-13,15,20H,2-3,6-9,11H2,1H3,(H,21,24);1H. The lowest BCUT2D eigenvalue weighted by molar-refractivity contribution is -0.127. The number of nitrogens with one attached hydrogen (secondary N) is 2. The Hall–Kier alpha value is -1.99. The van der Waals surface area contributed by atoms with Crippen molar-refractivity contribution in [1.82, 2.24) is 10.6 Å². The lowest BCUT2D eigenvalue weighted by Gasteiger charge is -2.31. The summed E-state index contributed by atoms with van der Waals surface area (Å²) in [5.74, 6) is 0.969. The van der Waals surface area contributed by atoms with Crippen LogP contribution in [-0.2, 0) is 9.59 Å². The Morgan fingerprint density at radius 1 is 1.26 bits per heavy atom. The van der Waals surface area contributed by atoms with Crippen molar-refractivity contribution >= 4 is 29.9 Å². The molecule has 1 aromatic carbocycles. The first-order valence-corrected chi connectivity index (χ1v) is 9.35. The molecule has 7 nitrogen and oxygen atoms in total. The fraction of sp³-hybridized carbons (Fsp3) is 0.579. The predicted octanol–water partition coefficient (Wildman–Crippen LogP) is 1.49. The van der Waals surface area contributed by atoms with Gasteiger partial charge in [-0.3, -0.25) is 9.59 Å². The average Bonchev–Trinajstić information content (AvgIpc) is 3.05. The van der Waals surface area contributed by atoms with E-state index < -0.39 is 0 Å². The highest BCUT2D eigenvalue weighted by molar-refractivity contribution is 6.00. The third-order valence-corrected chi connectivity index (χ3v) is 5.42. The molecule has 3 aliphatic rings. The fourth-order valence-electron chi connectivity index (χ4n) is 3.87. The number of hydrogen-bond acceptors (Lipinski definition) is 5. The van der Waals surface area contributed by atoms with E-state index in [-0.39, 0.29) is 48.6 Å². The summed E-state index contributed by atoms with van der Waals surface area (Å²) in [5.41, 5.74) is 0.752. The third-order valence-electron chi connectivity index (χ3n) is 5.42. The van der Waals surface area contributed by atoms with Gasteiger partial charge in [0.05, 0.1) is 5.92 Å². The molecule has 0 radical (unpaired) electrons. The van der Waals surface area contributed by atoms with Gasteiger partial charge in [0, 0.05) is 36.8 Å². The summed E-state index contributed by atoms with van der Waals surface area (Å²) in [6.45, 7) is 4.52. The van der Waals surface area contributed by atoms with Crippen molar-refractivity contribution in [3.05, 3.63) is 18.2 Å². The number of fused-ring (bicyclic) bond motifs is 1. The third kappa shape index (κ3) is 4.14. The second kappa shape index (κ2) is 8.35. The molecule has 2 fully saturated rings. The molecule has 3 unspecified atom stereocenters. The van der Waals surface area contributed by atoms with Crippen molar-refractivity contribution in [2.75, 3.05) is 31.2 Å². The molecule has 8 heteroatoms. The minimum Gasteiger partial charge on any atom is -0.486 e. The van der Waals surface area contributed by atoms with Crippen molar-refractivity contribution in [1.29, 1.82) is 0 Å². The lowest BCUT2D eigenvalue weighted by atomic mass is 9.98. The van der Waals surface area contributed by atoms with Gasteiger partial charge in [0.2, 0.25) is 11.8 Å². The van der Waals surface area contributed by atoms with Crippen LogP contribution in [0.2, 0.25) is 0 Å². The number of rotatable bonds is 3. The average molecular weight is 396 g/mol. The molecule has 148 valence electrons. The predicted molar refractivity (Wildman–Crippen MR) is 104 cm³/mol. The van der Waals surface area contributed by atoms with E-state index in [0.717, 1.165) is 25.1 Å². The summed E-state index contributed by atoms with van der Waals surface area (Å²) in [7, 11) is 0. The Bertz CT molecular complexity index is 714. The van der Waals surface area contributed by atoms with Crippen LogP contribution in [0.1, 0.15) is 26.2 Å². The highest BCUT2D eigenvalue weighted by atomic mass is 35.5. The molecule has 0 aliphatic carbocycles. The number of piperidine rings is 1. The number of anilines is 1. The number of ether oxygens (including phenoxy) is 2. The van der Waals surface area contributed by atoms with Gasteiger partial charge in [-0.25, -0.2) is 0 Å². The van der Waals surface area contributed by atoms with E-state index in [1.54, 1.807) is 4.90 Å². The summed E-state index contributed by atoms with van der Waals surface area (Å²) >= 11 is 0. The molecule has 27 heavy (non-hydrogen) atoms. The number of benzene rings is 1. The van der Waals surface area contributed by atoms with Crippen LogP contribution in [0.15, 0.2) is 18.2 Å². The number of halogens is 1. The number of nitrogens with zero attached hydrogens (tertiary/aromatic N) is 1. The van der Waals surface area contributed by atoms with E-state index in [1.807, 2.05) is 18.2 Å². The maximum Gasteiger partial charge on any atom is 0.227 e. The Labute approximate surface area is 165 Å². The highest BCUT2D eigenvalue weighted by Crippen LogP contribution is 2.36. The van der Waals surface area contributed by atoms with Gasteiger partial charge in [-0.1, -0.05) is 0 Å². The second-order valence-corrected chi connectivity index (χ2v) is 7.23. The molecule has 0 saturated carbocycles. The Kier molecular flexibility index (Phi) is 6.11. The molecule has 2 saturated heterocycles. The fourth-order valence-corrected chi connectivity index (χ4v) is 3.87. The Morgan fingerprint density at radius 2 is 2.04 bits per heavy atom. The van der Waals surface area contributed by atoms with Crippen molar-refractivity contribution in [2.45, 2.75) is 38.3 Å². The van der Waals surface area contributed by atoms with E-state index in [2.05, 4.69) is 17.6 Å². The van der Waals surface area contributed by atoms with E-state index in [4.69, 9.17) is 9.47 Å². The van der Waals surface area contributed by atoms with Crippen molar-refractivity contribution in [2.24, 2.45) is 5.92 Å². The van der Waals surface area contributed by atoms with Gasteiger partial charge in [-0.05, 0) is 38.4 Å². The molecule has 4 rings (SSSR count). The Morgan fingerprint density at radius 3 is 2.81 bits per heavy atom. The van der Waals surface area contributed by atoms with Gasteiger partial charge in [0.25, 0.3) is 0 Å². The first-order valence-electron chi connectivity index (χ1n) is 9.35. The van der Waals surface area contributed by atoms with E-state index in [1.165, 1.54) is 0 Å². The number of amides is 2. The van der Waals surface area contributed by atoms with E-state index in [0.29, 0.717) is 31.3 Å². The molecule has 1 aromatic rings. The van der Waals surface area contributed by atoms with Gasteiger partial charge in [0.15, 0.2) is 11.5 Å². The first-order chi connectivity index (χ1) is 12.6. The summed E-state index contributed by atoms with van der Waals surface area (Å²) in [4.78, 5) is 26.8. The molecule has 2 amide bonds. The minimum atomic E-state index is -0.315. The van der Waals surface area contributed by atoms with Gasteiger partial charge in [0.1, 0.15) is 13.2 Å². The lowest BCUT2D eigenvalue weighted by Crippen LogP contribution is -2.53. The molecule has 0 spiro atoms. The first kappa shape index (κ1) is 19.8. The zero-order chi connectivity index (χ0) is 18.1. The highest BCUT2D eigenvalue weighted by Gasteiger charge is 2.37. The van der Waals surface area contributed by atoms with Crippen molar-refractivity contribution in [3.63, 3.8) is 0 Å². The molecular weight excluding hydrogens is 370 g/mol. The van der Waals surface area contributed by atoms with Crippen LogP contribution in [0.3, 0.4) is 0 Å². The van der Waals surface area contributed by atoms with E-state index in [9.17, 15) is 9.59 Å². The van der Waals surface area contributed by atoms with Gasteiger partial charge >= 0.3 is 0 Å². The minimum absolute atomic E-state index is 0. The monoisotopic (exact) mass is 395 g/mol. The zero-order valence-electron chi connectivity index (χ0n) is 15.4. The van der Waals surface area contributed by atoms with Crippen LogP contribution in [-0.4, -0.2) is 50.2 Å². The topological polar surface area (TPSA) is 79.9 Å². The van der Waals surface area contributed by atoms with Crippen LogP contribution in [0.5, 0.6) is 11.5 Å². The maximum absolute atomic E-state index is 12.7. The second-order valence-electron chi connectivity index (χ2n) is 7.23. The molecule has 2 N–H and O–H groups in total. The van der Waals surface area contributed by atoms with Crippen LogP contribution >= 0.6 is 12.4 Å². The Balaban J connectivity index is 0.00000210. The van der Waals surface area contributed by atoms with Crippen LogP contribution in [0.4, 0.5) is 5.69 Å². The van der Waals surface area contributed by atoms with E-state index >= 15 is 0 Å². The normalized spacial score (nSPS) is 27.1. The van der Waals surface area contributed by atoms with Crippen LogP contribution in [0.25, 0.3) is 0 Å². The molecule has 0 bridgehead atoms. The number of carbonyl (C=O) groups excluding carboxylic acids is 2. The van der Waals surface area contributed by atoms with Crippen LogP contribution < -0.4 is 25.0 Å². The molecule has 3 aliphatic heterocycles. The number of hydrogen-bond donors (Lipinski definition) is 2. The molecular formula is C19H26ClN3O4. The van der Waals surface area contributed by atoms with Gasteiger partial charge in [-0.15, -0.1) is 12.4 Å². The quantitative estimate of drug-likeness (QED) is 0.810. The van der Waals surface area contributed by atoms with Crippen LogP contribution in [0, 0.1) is 5.92 Å². The van der Waals surface area contributed by atoms with Gasteiger partial charge < -0.3 is 25.0 Å². The molecule has 3 heterocycles. The largest absolute Gasteiger partial charge is 0.486 e.